The number of aromatic nitrogens is 1. The lowest BCUT2D eigenvalue weighted by molar-refractivity contribution is 0.779. The topological polar surface area (TPSA) is 42.1 Å². The van der Waals surface area contributed by atoms with E-state index in [0.717, 1.165) is 34.7 Å². The van der Waals surface area contributed by atoms with Crippen molar-refractivity contribution in [1.82, 2.24) is 4.98 Å². The Morgan fingerprint density at radius 3 is 2.84 bits per heavy atom. The monoisotopic (exact) mass is 271 g/mol. The Morgan fingerprint density at radius 2 is 2.16 bits per heavy atom. The minimum Gasteiger partial charge on any atom is -0.389 e. The minimum atomic E-state index is 0.430. The molecular formula is C15H17N3S. The van der Waals surface area contributed by atoms with Crippen molar-refractivity contribution in [2.75, 3.05) is 18.5 Å². The van der Waals surface area contributed by atoms with Gasteiger partial charge in [0, 0.05) is 24.5 Å². The molecule has 1 aliphatic carbocycles. The smallest absolute Gasteiger partial charge is 0.129 e. The van der Waals surface area contributed by atoms with E-state index in [0.29, 0.717) is 4.99 Å². The summed E-state index contributed by atoms with van der Waals surface area (Å²) in [6, 6.07) is 10.0. The number of rotatable bonds is 4. The SMILES string of the molecule is CN(CC1CC1)c1cc(C(N)=S)c2ccccc2n1. The lowest BCUT2D eigenvalue weighted by Crippen LogP contribution is -2.22. The number of hydrogen-bond acceptors (Lipinski definition) is 3. The summed E-state index contributed by atoms with van der Waals surface area (Å²) in [6.07, 6.45) is 2.67. The summed E-state index contributed by atoms with van der Waals surface area (Å²) in [5.74, 6) is 1.78. The minimum absolute atomic E-state index is 0.430. The fourth-order valence-corrected chi connectivity index (χ4v) is 2.51. The molecular weight excluding hydrogens is 254 g/mol. The van der Waals surface area contributed by atoms with Gasteiger partial charge in [0.2, 0.25) is 0 Å². The fraction of sp³-hybridized carbons (Fsp3) is 0.333. The molecule has 1 fully saturated rings. The molecule has 0 bridgehead atoms. The number of thiocarbonyl (C=S) groups is 1. The maximum absolute atomic E-state index is 5.85. The Hall–Kier alpha value is -1.68. The quantitative estimate of drug-likeness (QED) is 0.868. The highest BCUT2D eigenvalue weighted by Crippen LogP contribution is 2.31. The second kappa shape index (κ2) is 4.78. The summed E-state index contributed by atoms with van der Waals surface area (Å²) in [7, 11) is 2.08. The first-order chi connectivity index (χ1) is 9.15. The average molecular weight is 271 g/mol. The number of anilines is 1. The molecule has 1 aliphatic rings. The molecule has 19 heavy (non-hydrogen) atoms. The average Bonchev–Trinajstić information content (AvgIpc) is 3.21. The van der Waals surface area contributed by atoms with Crippen LogP contribution in [0.5, 0.6) is 0 Å². The van der Waals surface area contributed by atoms with Crippen molar-refractivity contribution in [1.29, 1.82) is 0 Å². The predicted molar refractivity (Wildman–Crippen MR) is 83.6 cm³/mol. The van der Waals surface area contributed by atoms with Crippen molar-refractivity contribution in [2.45, 2.75) is 12.8 Å². The summed E-state index contributed by atoms with van der Waals surface area (Å²) in [5.41, 5.74) is 7.71. The molecule has 4 heteroatoms. The van der Waals surface area contributed by atoms with Crippen LogP contribution in [0.25, 0.3) is 10.9 Å². The summed E-state index contributed by atoms with van der Waals surface area (Å²) in [5, 5.41) is 1.03. The van der Waals surface area contributed by atoms with Gasteiger partial charge >= 0.3 is 0 Å². The van der Waals surface area contributed by atoms with Gasteiger partial charge in [-0.1, -0.05) is 30.4 Å². The van der Waals surface area contributed by atoms with Crippen molar-refractivity contribution < 1.29 is 0 Å². The molecule has 1 saturated carbocycles. The maximum atomic E-state index is 5.85. The van der Waals surface area contributed by atoms with Crippen molar-refractivity contribution in [3.05, 3.63) is 35.9 Å². The molecule has 1 heterocycles. The molecule has 3 rings (SSSR count). The number of fused-ring (bicyclic) bond motifs is 1. The van der Waals surface area contributed by atoms with E-state index in [1.54, 1.807) is 0 Å². The molecule has 0 aliphatic heterocycles. The Bertz CT molecular complexity index is 634. The van der Waals surface area contributed by atoms with Crippen molar-refractivity contribution in [3.63, 3.8) is 0 Å². The molecule has 2 aromatic rings. The Balaban J connectivity index is 2.07. The largest absolute Gasteiger partial charge is 0.389 e. The lowest BCUT2D eigenvalue weighted by Gasteiger charge is -2.19. The van der Waals surface area contributed by atoms with Crippen molar-refractivity contribution in [3.8, 4) is 0 Å². The van der Waals surface area contributed by atoms with Gasteiger partial charge in [-0.05, 0) is 30.9 Å². The van der Waals surface area contributed by atoms with E-state index < -0.39 is 0 Å². The molecule has 0 amide bonds. The first-order valence-electron chi connectivity index (χ1n) is 6.56. The molecule has 1 aromatic heterocycles. The number of hydrogen-bond donors (Lipinski definition) is 1. The zero-order chi connectivity index (χ0) is 13.4. The van der Waals surface area contributed by atoms with Gasteiger partial charge in [-0.2, -0.15) is 0 Å². The van der Waals surface area contributed by atoms with Crippen molar-refractivity contribution in [2.24, 2.45) is 11.7 Å². The molecule has 0 atom stereocenters. The molecule has 98 valence electrons. The summed E-state index contributed by atoms with van der Waals surface area (Å²) >= 11 is 5.17. The summed E-state index contributed by atoms with van der Waals surface area (Å²) < 4.78 is 0. The number of pyridine rings is 1. The van der Waals surface area contributed by atoms with Gasteiger partial charge in [-0.15, -0.1) is 0 Å². The third-order valence-corrected chi connectivity index (χ3v) is 3.81. The predicted octanol–water partition coefficient (Wildman–Crippen LogP) is 2.72. The molecule has 1 aromatic carbocycles. The number of para-hydroxylation sites is 1. The van der Waals surface area contributed by atoms with Crippen LogP contribution in [0.1, 0.15) is 18.4 Å². The van der Waals surface area contributed by atoms with E-state index in [9.17, 15) is 0 Å². The standard InChI is InChI=1S/C15H17N3S/c1-18(9-10-6-7-10)14-8-12(15(16)19)11-4-2-3-5-13(11)17-14/h2-5,8,10H,6-7,9H2,1H3,(H2,16,19). The number of nitrogens with two attached hydrogens (primary N) is 1. The second-order valence-electron chi connectivity index (χ2n) is 5.23. The zero-order valence-corrected chi connectivity index (χ0v) is 11.8. The van der Waals surface area contributed by atoms with E-state index in [1.807, 2.05) is 30.3 Å². The van der Waals surface area contributed by atoms with Gasteiger partial charge in [0.25, 0.3) is 0 Å². The van der Waals surface area contributed by atoms with Gasteiger partial charge in [0.15, 0.2) is 0 Å². The highest BCUT2D eigenvalue weighted by molar-refractivity contribution is 7.80. The lowest BCUT2D eigenvalue weighted by atomic mass is 10.1. The van der Waals surface area contributed by atoms with Gasteiger partial charge in [-0.25, -0.2) is 4.98 Å². The zero-order valence-electron chi connectivity index (χ0n) is 11.0. The van der Waals surface area contributed by atoms with Crippen LogP contribution in [0.3, 0.4) is 0 Å². The number of nitrogens with zero attached hydrogens (tertiary/aromatic N) is 2. The Labute approximate surface area is 118 Å². The van der Waals surface area contributed by atoms with Crippen LogP contribution in [0.4, 0.5) is 5.82 Å². The Morgan fingerprint density at radius 1 is 1.42 bits per heavy atom. The summed E-state index contributed by atoms with van der Waals surface area (Å²) in [6.45, 7) is 1.06. The summed E-state index contributed by atoms with van der Waals surface area (Å²) in [4.78, 5) is 7.34. The van der Waals surface area contributed by atoms with Crippen LogP contribution in [0, 0.1) is 5.92 Å². The third-order valence-electron chi connectivity index (χ3n) is 3.59. The van der Waals surface area contributed by atoms with Crippen molar-refractivity contribution >= 4 is 33.9 Å². The highest BCUT2D eigenvalue weighted by Gasteiger charge is 2.23. The van der Waals surface area contributed by atoms with Crippen LogP contribution in [0.15, 0.2) is 30.3 Å². The van der Waals surface area contributed by atoms with Gasteiger partial charge in [0.1, 0.15) is 10.8 Å². The first kappa shape index (κ1) is 12.4. The highest BCUT2D eigenvalue weighted by atomic mass is 32.1. The maximum Gasteiger partial charge on any atom is 0.129 e. The van der Waals surface area contributed by atoms with Gasteiger partial charge in [0.05, 0.1) is 5.52 Å². The van der Waals surface area contributed by atoms with Gasteiger partial charge < -0.3 is 10.6 Å². The van der Waals surface area contributed by atoms with E-state index >= 15 is 0 Å². The van der Waals surface area contributed by atoms with Crippen LogP contribution in [-0.4, -0.2) is 23.6 Å². The molecule has 0 saturated heterocycles. The van der Waals surface area contributed by atoms with Crippen LogP contribution in [0.2, 0.25) is 0 Å². The first-order valence-corrected chi connectivity index (χ1v) is 6.96. The Kier molecular flexibility index (Phi) is 3.11. The fourth-order valence-electron chi connectivity index (χ4n) is 2.34. The third kappa shape index (κ3) is 2.54. The van der Waals surface area contributed by atoms with Crippen LogP contribution >= 0.6 is 12.2 Å². The van der Waals surface area contributed by atoms with E-state index in [4.69, 9.17) is 22.9 Å². The van der Waals surface area contributed by atoms with Crippen LogP contribution in [-0.2, 0) is 0 Å². The molecule has 2 N–H and O–H groups in total. The number of benzene rings is 1. The van der Waals surface area contributed by atoms with E-state index in [2.05, 4.69) is 11.9 Å². The van der Waals surface area contributed by atoms with E-state index in [1.165, 1.54) is 12.8 Å². The van der Waals surface area contributed by atoms with Gasteiger partial charge in [-0.3, -0.25) is 0 Å². The molecule has 0 unspecified atom stereocenters. The second-order valence-corrected chi connectivity index (χ2v) is 5.67. The molecule has 0 spiro atoms. The van der Waals surface area contributed by atoms with Crippen LogP contribution < -0.4 is 10.6 Å². The van der Waals surface area contributed by atoms with E-state index in [-0.39, 0.29) is 0 Å². The normalized spacial score (nSPS) is 14.6. The molecule has 3 nitrogen and oxygen atoms in total. The molecule has 0 radical (unpaired) electrons.